The Morgan fingerprint density at radius 2 is 2.03 bits per heavy atom. The second-order valence-corrected chi connectivity index (χ2v) is 9.94. The van der Waals surface area contributed by atoms with Gasteiger partial charge in [-0.2, -0.15) is 0 Å². The van der Waals surface area contributed by atoms with E-state index in [0.29, 0.717) is 43.6 Å². The molecule has 0 spiro atoms. The molecule has 0 unspecified atom stereocenters. The normalized spacial score (nSPS) is 16.9. The zero-order chi connectivity index (χ0) is 20.8. The first kappa shape index (κ1) is 19.7. The number of benzene rings is 1. The van der Waals surface area contributed by atoms with Crippen LogP contribution >= 0.6 is 0 Å². The molecule has 0 amide bonds. The Labute approximate surface area is 169 Å². The fourth-order valence-corrected chi connectivity index (χ4v) is 5.60. The van der Waals surface area contributed by atoms with Crippen LogP contribution in [-0.2, 0) is 23.0 Å². The molecule has 2 N–H and O–H groups in total. The van der Waals surface area contributed by atoms with Gasteiger partial charge in [-0.05, 0) is 56.7 Å². The Hall–Kier alpha value is -2.61. The number of allylic oxidation sites excluding steroid dienone is 1. The summed E-state index contributed by atoms with van der Waals surface area (Å²) in [6.45, 7) is 6.00. The number of hydrogen-bond donors (Lipinski definition) is 2. The Morgan fingerprint density at radius 1 is 1.28 bits per heavy atom. The summed E-state index contributed by atoms with van der Waals surface area (Å²) >= 11 is 0. The molecule has 1 aromatic heterocycles. The van der Waals surface area contributed by atoms with E-state index in [9.17, 15) is 17.6 Å². The summed E-state index contributed by atoms with van der Waals surface area (Å²) in [6, 6.07) is 6.04. The Balaban J connectivity index is 1.79. The number of sulfonamides is 1. The van der Waals surface area contributed by atoms with E-state index in [1.807, 2.05) is 0 Å². The van der Waals surface area contributed by atoms with Gasteiger partial charge in [-0.3, -0.25) is 9.52 Å². The molecule has 1 saturated carbocycles. The van der Waals surface area contributed by atoms with Crippen LogP contribution in [0, 0.1) is 12.7 Å². The number of anilines is 3. The summed E-state index contributed by atoms with van der Waals surface area (Å²) in [5.41, 5.74) is 1.95. The van der Waals surface area contributed by atoms with E-state index >= 15 is 0 Å². The zero-order valence-corrected chi connectivity index (χ0v) is 17.1. The number of aromatic nitrogens is 1. The number of rotatable bonds is 7. The van der Waals surface area contributed by atoms with Gasteiger partial charge in [0.1, 0.15) is 5.82 Å². The van der Waals surface area contributed by atoms with Crippen LogP contribution in [0.25, 0.3) is 0 Å². The van der Waals surface area contributed by atoms with Gasteiger partial charge in [-0.1, -0.05) is 12.1 Å². The van der Waals surface area contributed by atoms with Gasteiger partial charge in [-0.25, -0.2) is 12.8 Å². The molecule has 154 valence electrons. The highest BCUT2D eigenvalue weighted by molar-refractivity contribution is 7.94. The molecule has 2 aromatic rings. The smallest absolute Gasteiger partial charge is 0.252 e. The van der Waals surface area contributed by atoms with E-state index in [4.69, 9.17) is 0 Å². The number of nitrogens with one attached hydrogen (secondary N) is 2. The van der Waals surface area contributed by atoms with Crippen molar-refractivity contribution in [3.05, 3.63) is 64.3 Å². The van der Waals surface area contributed by atoms with Crippen molar-refractivity contribution in [3.8, 4) is 0 Å². The van der Waals surface area contributed by atoms with Crippen molar-refractivity contribution in [2.75, 3.05) is 10.0 Å². The standard InChI is InChI=1S/C21H24FN3O3S/c1-3-8-21(9-10-21)29(27,28)24-20-17(13-19(26)25-11-4-5-18(20)25)23-16-7-6-14(2)12-15(16)22/h3,6-7,12-13,23-24H,1,4-5,8-11H2,2H3. The van der Waals surface area contributed by atoms with Gasteiger partial charge in [0.15, 0.2) is 0 Å². The maximum atomic E-state index is 14.4. The third-order valence-electron chi connectivity index (χ3n) is 5.74. The SMILES string of the molecule is C=CCC1(S(=O)(=O)Nc2c(Nc3ccc(C)cc3F)cc(=O)n3c2CCC3)CC1. The third-order valence-corrected chi connectivity index (χ3v) is 7.93. The van der Waals surface area contributed by atoms with Gasteiger partial charge in [0, 0.05) is 18.3 Å². The molecular weight excluding hydrogens is 393 g/mol. The van der Waals surface area contributed by atoms with Gasteiger partial charge < -0.3 is 9.88 Å². The van der Waals surface area contributed by atoms with E-state index in [1.54, 1.807) is 29.7 Å². The van der Waals surface area contributed by atoms with Crippen LogP contribution in [0.2, 0.25) is 0 Å². The molecule has 2 aliphatic rings. The van der Waals surface area contributed by atoms with E-state index in [2.05, 4.69) is 16.6 Å². The Morgan fingerprint density at radius 3 is 2.69 bits per heavy atom. The van der Waals surface area contributed by atoms with E-state index in [0.717, 1.165) is 12.0 Å². The first-order valence-electron chi connectivity index (χ1n) is 9.69. The van der Waals surface area contributed by atoms with E-state index in [1.165, 1.54) is 12.1 Å². The second-order valence-electron chi connectivity index (χ2n) is 7.86. The summed E-state index contributed by atoms with van der Waals surface area (Å²) in [6.07, 6.45) is 4.45. The molecule has 6 nitrogen and oxygen atoms in total. The van der Waals surface area contributed by atoms with Crippen molar-refractivity contribution in [2.45, 2.75) is 50.3 Å². The lowest BCUT2D eigenvalue weighted by Gasteiger charge is -2.22. The Bertz CT molecular complexity index is 1150. The van der Waals surface area contributed by atoms with Crippen molar-refractivity contribution in [1.29, 1.82) is 0 Å². The molecule has 2 heterocycles. The summed E-state index contributed by atoms with van der Waals surface area (Å²) in [5, 5.41) is 2.93. The molecule has 0 bridgehead atoms. The maximum absolute atomic E-state index is 14.4. The lowest BCUT2D eigenvalue weighted by atomic mass is 10.2. The van der Waals surface area contributed by atoms with Gasteiger partial charge >= 0.3 is 0 Å². The highest BCUT2D eigenvalue weighted by Gasteiger charge is 2.54. The maximum Gasteiger partial charge on any atom is 0.252 e. The van der Waals surface area contributed by atoms with Crippen LogP contribution in [0.5, 0.6) is 0 Å². The largest absolute Gasteiger partial charge is 0.351 e. The highest BCUT2D eigenvalue weighted by Crippen LogP contribution is 2.48. The van der Waals surface area contributed by atoms with E-state index in [-0.39, 0.29) is 16.9 Å². The molecule has 1 fully saturated rings. The molecule has 29 heavy (non-hydrogen) atoms. The lowest BCUT2D eigenvalue weighted by molar-refractivity contribution is 0.582. The average Bonchev–Trinajstić information content (AvgIpc) is 3.28. The van der Waals surface area contributed by atoms with Crippen LogP contribution in [0.1, 0.15) is 36.9 Å². The molecule has 4 rings (SSSR count). The third kappa shape index (κ3) is 3.46. The molecule has 1 aromatic carbocycles. The van der Waals surface area contributed by atoms with Crippen molar-refractivity contribution in [1.82, 2.24) is 4.57 Å². The topological polar surface area (TPSA) is 80.2 Å². The van der Waals surface area contributed by atoms with Crippen molar-refractivity contribution < 1.29 is 12.8 Å². The number of pyridine rings is 1. The first-order chi connectivity index (χ1) is 13.8. The fourth-order valence-electron chi connectivity index (χ4n) is 3.91. The minimum Gasteiger partial charge on any atom is -0.351 e. The highest BCUT2D eigenvalue weighted by atomic mass is 32.2. The van der Waals surface area contributed by atoms with Gasteiger partial charge in [0.25, 0.3) is 5.56 Å². The molecule has 1 aliphatic heterocycles. The van der Waals surface area contributed by atoms with Crippen LogP contribution in [0.4, 0.5) is 21.5 Å². The molecule has 8 heteroatoms. The monoisotopic (exact) mass is 417 g/mol. The van der Waals surface area contributed by atoms with E-state index < -0.39 is 20.6 Å². The lowest BCUT2D eigenvalue weighted by Crippen LogP contribution is -2.31. The average molecular weight is 418 g/mol. The summed E-state index contributed by atoms with van der Waals surface area (Å²) in [4.78, 5) is 12.5. The van der Waals surface area contributed by atoms with Crippen LogP contribution < -0.4 is 15.6 Å². The number of hydrogen-bond acceptors (Lipinski definition) is 4. The summed E-state index contributed by atoms with van der Waals surface area (Å²) in [5.74, 6) is -0.468. The summed E-state index contributed by atoms with van der Waals surface area (Å²) in [7, 11) is -3.70. The number of fused-ring (bicyclic) bond motifs is 1. The van der Waals surface area contributed by atoms with Crippen LogP contribution in [0.3, 0.4) is 0 Å². The van der Waals surface area contributed by atoms with Crippen LogP contribution in [0.15, 0.2) is 41.7 Å². The van der Waals surface area contributed by atoms with Gasteiger partial charge in [-0.15, -0.1) is 6.58 Å². The van der Waals surface area contributed by atoms with Gasteiger partial charge in [0.2, 0.25) is 10.0 Å². The van der Waals surface area contributed by atoms with Gasteiger partial charge in [0.05, 0.1) is 21.8 Å². The molecule has 0 saturated heterocycles. The first-order valence-corrected chi connectivity index (χ1v) is 11.2. The number of aryl methyl sites for hydroxylation is 1. The molecule has 1 aliphatic carbocycles. The quantitative estimate of drug-likeness (QED) is 0.671. The second kappa shape index (κ2) is 7.02. The minimum absolute atomic E-state index is 0.186. The predicted molar refractivity (Wildman–Crippen MR) is 113 cm³/mol. The predicted octanol–water partition coefficient (Wildman–Crippen LogP) is 3.84. The zero-order valence-electron chi connectivity index (χ0n) is 16.3. The number of halogens is 1. The summed E-state index contributed by atoms with van der Waals surface area (Å²) < 4.78 is 44.1. The van der Waals surface area contributed by atoms with Crippen molar-refractivity contribution in [3.63, 3.8) is 0 Å². The molecule has 0 radical (unpaired) electrons. The van der Waals surface area contributed by atoms with Crippen molar-refractivity contribution >= 4 is 27.1 Å². The number of nitrogens with zero attached hydrogens (tertiary/aromatic N) is 1. The molecule has 0 atom stereocenters. The van der Waals surface area contributed by atoms with Crippen LogP contribution in [-0.4, -0.2) is 17.7 Å². The Kier molecular flexibility index (Phi) is 4.77. The fraction of sp³-hybridized carbons (Fsp3) is 0.381. The molecular formula is C21H24FN3O3S. The van der Waals surface area contributed by atoms with Crippen molar-refractivity contribution in [2.24, 2.45) is 0 Å². The minimum atomic E-state index is -3.70.